The highest BCUT2D eigenvalue weighted by molar-refractivity contribution is 6.05. The monoisotopic (exact) mass is 385 g/mol. The van der Waals surface area contributed by atoms with Crippen LogP contribution in [-0.2, 0) is 6.54 Å². The second kappa shape index (κ2) is 8.13. The van der Waals surface area contributed by atoms with E-state index in [1.165, 1.54) is 30.3 Å². The fourth-order valence-electron chi connectivity index (χ4n) is 2.86. The van der Waals surface area contributed by atoms with E-state index in [1.54, 1.807) is 17.0 Å². The minimum atomic E-state index is -0.517. The Balaban J connectivity index is 1.94. The molecule has 8 nitrogen and oxygen atoms in total. The van der Waals surface area contributed by atoms with Gasteiger partial charge in [0, 0.05) is 37.2 Å². The van der Waals surface area contributed by atoms with Gasteiger partial charge in [0.2, 0.25) is 0 Å². The molecule has 0 saturated heterocycles. The number of nitrogens with one attached hydrogen (secondary N) is 1. The lowest BCUT2D eigenvalue weighted by atomic mass is 10.1. The third kappa shape index (κ3) is 4.32. The Bertz CT molecular complexity index is 1020. The fraction of sp³-hybridized carbons (Fsp3) is 0.263. The molecular formula is C19H20FN5O3. The van der Waals surface area contributed by atoms with Crippen molar-refractivity contribution in [3.05, 3.63) is 69.7 Å². The number of halogens is 1. The summed E-state index contributed by atoms with van der Waals surface area (Å²) in [7, 11) is 3.77. The van der Waals surface area contributed by atoms with E-state index < -0.39 is 4.92 Å². The summed E-state index contributed by atoms with van der Waals surface area (Å²) in [6.45, 7) is 1.20. The number of rotatable bonds is 7. The molecule has 1 amide bonds. The highest BCUT2D eigenvalue weighted by Crippen LogP contribution is 2.23. The minimum absolute atomic E-state index is 0.105. The number of amides is 1. The summed E-state index contributed by atoms with van der Waals surface area (Å²) in [6.07, 6.45) is 0. The van der Waals surface area contributed by atoms with Gasteiger partial charge in [0.15, 0.2) is 5.69 Å². The number of non-ortho nitro benzene ring substituents is 1. The Morgan fingerprint density at radius 2 is 2.00 bits per heavy atom. The standard InChI is InChI=1S/C19H20FN5O3/c1-23(2)8-9-24(12-13-4-3-5-14(20)10-13)19(26)18-16-11-15(25(27)28)6-7-17(16)21-22-18/h3-7,10-11H,8-9,12H2,1-2H3,(H,21,22). The van der Waals surface area contributed by atoms with Gasteiger partial charge in [-0.25, -0.2) is 4.39 Å². The van der Waals surface area contributed by atoms with Crippen LogP contribution in [0.3, 0.4) is 0 Å². The maximum absolute atomic E-state index is 13.5. The van der Waals surface area contributed by atoms with Crippen molar-refractivity contribution in [1.82, 2.24) is 20.0 Å². The average molecular weight is 385 g/mol. The number of carbonyl (C=O) groups excluding carboxylic acids is 1. The third-order valence-electron chi connectivity index (χ3n) is 4.33. The van der Waals surface area contributed by atoms with Crippen LogP contribution in [0.1, 0.15) is 16.1 Å². The normalized spacial score (nSPS) is 11.1. The van der Waals surface area contributed by atoms with Crippen LogP contribution in [0.25, 0.3) is 10.9 Å². The molecular weight excluding hydrogens is 365 g/mol. The molecule has 0 aliphatic rings. The Morgan fingerprint density at radius 3 is 2.68 bits per heavy atom. The summed E-state index contributed by atoms with van der Waals surface area (Å²) in [5.41, 5.74) is 1.17. The number of aromatic amines is 1. The molecule has 0 fully saturated rings. The van der Waals surface area contributed by atoms with Gasteiger partial charge >= 0.3 is 0 Å². The number of benzene rings is 2. The predicted octanol–water partition coefficient (Wildman–Crippen LogP) is 2.81. The fourth-order valence-corrected chi connectivity index (χ4v) is 2.86. The maximum Gasteiger partial charge on any atom is 0.275 e. The van der Waals surface area contributed by atoms with Crippen LogP contribution in [-0.4, -0.2) is 58.0 Å². The molecule has 0 bridgehead atoms. The van der Waals surface area contributed by atoms with Crippen LogP contribution in [0.5, 0.6) is 0 Å². The van der Waals surface area contributed by atoms with Crippen molar-refractivity contribution < 1.29 is 14.1 Å². The molecule has 146 valence electrons. The highest BCUT2D eigenvalue weighted by atomic mass is 19.1. The number of H-pyrrole nitrogens is 1. The van der Waals surface area contributed by atoms with Gasteiger partial charge in [0.1, 0.15) is 5.82 Å². The van der Waals surface area contributed by atoms with Crippen LogP contribution in [0, 0.1) is 15.9 Å². The lowest BCUT2D eigenvalue weighted by Crippen LogP contribution is -2.36. The van der Waals surface area contributed by atoms with Crippen molar-refractivity contribution in [2.24, 2.45) is 0 Å². The van der Waals surface area contributed by atoms with Gasteiger partial charge in [-0.05, 0) is 37.9 Å². The molecule has 1 N–H and O–H groups in total. The van der Waals surface area contributed by atoms with Crippen LogP contribution >= 0.6 is 0 Å². The van der Waals surface area contributed by atoms with Crippen LogP contribution in [0.2, 0.25) is 0 Å². The first kappa shape index (κ1) is 19.4. The van der Waals surface area contributed by atoms with E-state index in [4.69, 9.17) is 0 Å². The third-order valence-corrected chi connectivity index (χ3v) is 4.33. The molecule has 0 aliphatic carbocycles. The number of hydrogen-bond acceptors (Lipinski definition) is 5. The molecule has 0 radical (unpaired) electrons. The first-order valence-corrected chi connectivity index (χ1v) is 8.66. The molecule has 2 aromatic carbocycles. The second-order valence-corrected chi connectivity index (χ2v) is 6.72. The quantitative estimate of drug-likeness (QED) is 0.498. The number of likely N-dealkylation sites (N-methyl/N-ethyl adjacent to an activating group) is 1. The molecule has 0 saturated carbocycles. The molecule has 0 spiro atoms. The molecule has 0 aliphatic heterocycles. The molecule has 0 atom stereocenters. The number of carbonyl (C=O) groups is 1. The van der Waals surface area contributed by atoms with E-state index in [9.17, 15) is 19.3 Å². The SMILES string of the molecule is CN(C)CCN(Cc1cccc(F)c1)C(=O)c1n[nH]c2ccc([N+](=O)[O-])cc12. The lowest BCUT2D eigenvalue weighted by Gasteiger charge is -2.24. The molecule has 3 rings (SSSR count). The van der Waals surface area contributed by atoms with Gasteiger partial charge in [0.25, 0.3) is 11.6 Å². The highest BCUT2D eigenvalue weighted by Gasteiger charge is 2.23. The largest absolute Gasteiger partial charge is 0.332 e. The Hall–Kier alpha value is -3.33. The summed E-state index contributed by atoms with van der Waals surface area (Å²) in [4.78, 5) is 27.2. The van der Waals surface area contributed by atoms with Crippen molar-refractivity contribution in [1.29, 1.82) is 0 Å². The van der Waals surface area contributed by atoms with E-state index in [0.717, 1.165) is 0 Å². The van der Waals surface area contributed by atoms with E-state index >= 15 is 0 Å². The van der Waals surface area contributed by atoms with E-state index in [1.807, 2.05) is 19.0 Å². The Morgan fingerprint density at radius 1 is 1.21 bits per heavy atom. The minimum Gasteiger partial charge on any atom is -0.332 e. The van der Waals surface area contributed by atoms with Gasteiger partial charge in [0.05, 0.1) is 10.4 Å². The molecule has 9 heteroatoms. The molecule has 28 heavy (non-hydrogen) atoms. The zero-order valence-electron chi connectivity index (χ0n) is 15.6. The summed E-state index contributed by atoms with van der Waals surface area (Å²) >= 11 is 0. The van der Waals surface area contributed by atoms with Crippen LogP contribution in [0.15, 0.2) is 42.5 Å². The topological polar surface area (TPSA) is 95.4 Å². The van der Waals surface area contributed by atoms with Crippen molar-refractivity contribution in [2.45, 2.75) is 6.54 Å². The van der Waals surface area contributed by atoms with Crippen molar-refractivity contribution in [3.63, 3.8) is 0 Å². The van der Waals surface area contributed by atoms with Crippen molar-refractivity contribution in [2.75, 3.05) is 27.2 Å². The Kier molecular flexibility index (Phi) is 5.65. The second-order valence-electron chi connectivity index (χ2n) is 6.72. The maximum atomic E-state index is 13.5. The summed E-state index contributed by atoms with van der Waals surface area (Å²) in [5, 5.41) is 18.3. The molecule has 0 unspecified atom stereocenters. The first-order chi connectivity index (χ1) is 13.3. The van der Waals surface area contributed by atoms with E-state index in [2.05, 4.69) is 10.2 Å². The van der Waals surface area contributed by atoms with Gasteiger partial charge < -0.3 is 9.80 Å². The van der Waals surface area contributed by atoms with Gasteiger partial charge in [-0.15, -0.1) is 0 Å². The zero-order valence-corrected chi connectivity index (χ0v) is 15.6. The summed E-state index contributed by atoms with van der Waals surface area (Å²) in [5.74, 6) is -0.754. The number of nitro benzene ring substituents is 1. The van der Waals surface area contributed by atoms with Gasteiger partial charge in [-0.1, -0.05) is 12.1 Å². The first-order valence-electron chi connectivity index (χ1n) is 8.66. The Labute approximate surface area is 160 Å². The molecule has 1 heterocycles. The van der Waals surface area contributed by atoms with E-state index in [-0.39, 0.29) is 29.7 Å². The molecule has 3 aromatic rings. The van der Waals surface area contributed by atoms with Gasteiger partial charge in [-0.3, -0.25) is 20.0 Å². The van der Waals surface area contributed by atoms with Crippen molar-refractivity contribution >= 4 is 22.5 Å². The van der Waals surface area contributed by atoms with E-state index in [0.29, 0.717) is 29.6 Å². The number of fused-ring (bicyclic) bond motifs is 1. The number of nitrogens with zero attached hydrogens (tertiary/aromatic N) is 4. The predicted molar refractivity (Wildman–Crippen MR) is 102 cm³/mol. The average Bonchev–Trinajstić information content (AvgIpc) is 3.07. The van der Waals surface area contributed by atoms with Crippen LogP contribution < -0.4 is 0 Å². The van der Waals surface area contributed by atoms with Crippen LogP contribution in [0.4, 0.5) is 10.1 Å². The summed E-state index contributed by atoms with van der Waals surface area (Å²) < 4.78 is 13.5. The zero-order chi connectivity index (χ0) is 20.3. The summed E-state index contributed by atoms with van der Waals surface area (Å²) in [6, 6.07) is 10.3. The van der Waals surface area contributed by atoms with Gasteiger partial charge in [-0.2, -0.15) is 5.10 Å². The smallest absolute Gasteiger partial charge is 0.275 e. The number of hydrogen-bond donors (Lipinski definition) is 1. The number of aromatic nitrogens is 2. The lowest BCUT2D eigenvalue weighted by molar-refractivity contribution is -0.384. The van der Waals surface area contributed by atoms with Crippen molar-refractivity contribution in [3.8, 4) is 0 Å². The number of nitro groups is 1. The molecule has 1 aromatic heterocycles.